The summed E-state index contributed by atoms with van der Waals surface area (Å²) in [6.45, 7) is 4.05. The van der Waals surface area contributed by atoms with Gasteiger partial charge in [0.25, 0.3) is 0 Å². The van der Waals surface area contributed by atoms with Gasteiger partial charge < -0.3 is 5.32 Å². The Bertz CT molecular complexity index is 382. The summed E-state index contributed by atoms with van der Waals surface area (Å²) in [5, 5.41) is 16.6. The first-order chi connectivity index (χ1) is 7.49. The van der Waals surface area contributed by atoms with Gasteiger partial charge in [0.15, 0.2) is 0 Å². The molecule has 1 aromatic heterocycles. The minimum Gasteiger partial charge on any atom is -0.303 e. The summed E-state index contributed by atoms with van der Waals surface area (Å²) in [6.07, 6.45) is 4.65. The zero-order chi connectivity index (χ0) is 12.2. The predicted octanol–water partition coefficient (Wildman–Crippen LogP) is 1.79. The third-order valence-corrected chi connectivity index (χ3v) is 3.56. The predicted molar refractivity (Wildman–Crippen MR) is 66.2 cm³/mol. The zero-order valence-electron chi connectivity index (χ0n) is 10.2. The van der Waals surface area contributed by atoms with E-state index >= 15 is 0 Å². The van der Waals surface area contributed by atoms with Crippen LogP contribution in [-0.4, -0.2) is 27.6 Å². The van der Waals surface area contributed by atoms with Gasteiger partial charge in [0.05, 0.1) is 12.3 Å². The zero-order valence-corrected chi connectivity index (χ0v) is 11.0. The van der Waals surface area contributed by atoms with E-state index in [4.69, 9.17) is 5.26 Å². The summed E-state index contributed by atoms with van der Waals surface area (Å²) < 4.78 is 1.79. The van der Waals surface area contributed by atoms with Crippen molar-refractivity contribution in [3.8, 4) is 6.07 Å². The van der Waals surface area contributed by atoms with Crippen LogP contribution in [0.2, 0.25) is 0 Å². The van der Waals surface area contributed by atoms with Gasteiger partial charge >= 0.3 is 0 Å². The molecule has 0 radical (unpaired) electrons. The third-order valence-electron chi connectivity index (χ3n) is 2.51. The normalized spacial score (nSPS) is 16.4. The summed E-state index contributed by atoms with van der Waals surface area (Å²) >= 11 is 1.75. The number of aromatic nitrogens is 2. The lowest BCUT2D eigenvalue weighted by atomic mass is 9.98. The molecule has 88 valence electrons. The van der Waals surface area contributed by atoms with Gasteiger partial charge in [0.1, 0.15) is 5.54 Å². The third kappa shape index (κ3) is 3.54. The molecule has 0 saturated heterocycles. The molecule has 1 N–H and O–H groups in total. The van der Waals surface area contributed by atoms with E-state index in [1.807, 2.05) is 33.4 Å². The van der Waals surface area contributed by atoms with Crippen LogP contribution in [0.3, 0.4) is 0 Å². The highest BCUT2D eigenvalue weighted by molar-refractivity contribution is 7.99. The average Bonchev–Trinajstić information content (AvgIpc) is 2.63. The van der Waals surface area contributed by atoms with E-state index in [2.05, 4.69) is 23.4 Å². The molecule has 0 bridgehead atoms. The summed E-state index contributed by atoms with van der Waals surface area (Å²) in [5.74, 6) is 0. The quantitative estimate of drug-likeness (QED) is 0.795. The fourth-order valence-corrected chi connectivity index (χ4v) is 2.71. The minimum atomic E-state index is -0.450. The number of hydrogen-bond donors (Lipinski definition) is 1. The molecule has 1 heterocycles. The smallest absolute Gasteiger partial charge is 0.104 e. The Kier molecular flexibility index (Phi) is 4.39. The lowest BCUT2D eigenvalue weighted by Gasteiger charge is -2.23. The van der Waals surface area contributed by atoms with Crippen molar-refractivity contribution in [3.63, 3.8) is 0 Å². The molecule has 4 nitrogen and oxygen atoms in total. The van der Waals surface area contributed by atoms with Crippen LogP contribution in [0.15, 0.2) is 17.3 Å². The van der Waals surface area contributed by atoms with E-state index < -0.39 is 5.54 Å². The Balaban J connectivity index is 2.54. The SMILES string of the molecule is CNC(C)(C#N)CC(C)Sc1cnn(C)c1. The molecule has 1 aromatic rings. The van der Waals surface area contributed by atoms with Crippen molar-refractivity contribution in [3.05, 3.63) is 12.4 Å². The van der Waals surface area contributed by atoms with E-state index in [0.29, 0.717) is 5.25 Å². The number of nitrogens with one attached hydrogen (secondary N) is 1. The maximum absolute atomic E-state index is 9.07. The number of hydrogen-bond acceptors (Lipinski definition) is 4. The molecule has 0 aliphatic heterocycles. The molecule has 0 aromatic carbocycles. The fraction of sp³-hybridized carbons (Fsp3) is 0.636. The highest BCUT2D eigenvalue weighted by atomic mass is 32.2. The van der Waals surface area contributed by atoms with Gasteiger partial charge in [0.2, 0.25) is 0 Å². The largest absolute Gasteiger partial charge is 0.303 e. The molecule has 0 amide bonds. The second-order valence-electron chi connectivity index (χ2n) is 4.18. The summed E-state index contributed by atoms with van der Waals surface area (Å²) in [4.78, 5) is 1.14. The molecule has 0 saturated carbocycles. The molecule has 2 atom stereocenters. The summed E-state index contributed by atoms with van der Waals surface area (Å²) in [7, 11) is 3.73. The van der Waals surface area contributed by atoms with E-state index in [1.165, 1.54) is 0 Å². The van der Waals surface area contributed by atoms with Crippen molar-refractivity contribution in [2.75, 3.05) is 7.05 Å². The number of nitrogens with zero attached hydrogens (tertiary/aromatic N) is 3. The standard InChI is InChI=1S/C11H18N4S/c1-9(5-11(2,8-12)13-3)16-10-6-14-15(4)7-10/h6-7,9,13H,5H2,1-4H3. The maximum atomic E-state index is 9.07. The van der Waals surface area contributed by atoms with Gasteiger partial charge in [-0.25, -0.2) is 0 Å². The Labute approximate surface area is 101 Å². The monoisotopic (exact) mass is 238 g/mol. The van der Waals surface area contributed by atoms with Crippen LogP contribution in [0, 0.1) is 11.3 Å². The van der Waals surface area contributed by atoms with Crippen molar-refractivity contribution in [1.29, 1.82) is 5.26 Å². The van der Waals surface area contributed by atoms with Gasteiger partial charge in [-0.2, -0.15) is 10.4 Å². The Morgan fingerprint density at radius 3 is 2.88 bits per heavy atom. The van der Waals surface area contributed by atoms with Crippen LogP contribution < -0.4 is 5.32 Å². The van der Waals surface area contributed by atoms with Crippen LogP contribution in [-0.2, 0) is 7.05 Å². The molecule has 0 aliphatic carbocycles. The van der Waals surface area contributed by atoms with Crippen LogP contribution in [0.5, 0.6) is 0 Å². The number of thioether (sulfide) groups is 1. The Morgan fingerprint density at radius 1 is 1.75 bits per heavy atom. The Hall–Kier alpha value is -0.990. The maximum Gasteiger partial charge on any atom is 0.104 e. The van der Waals surface area contributed by atoms with Crippen LogP contribution >= 0.6 is 11.8 Å². The van der Waals surface area contributed by atoms with Crippen molar-refractivity contribution < 1.29 is 0 Å². The average molecular weight is 238 g/mol. The molecule has 2 unspecified atom stereocenters. The van der Waals surface area contributed by atoms with Crippen molar-refractivity contribution in [2.45, 2.75) is 36.0 Å². The van der Waals surface area contributed by atoms with Crippen LogP contribution in [0.1, 0.15) is 20.3 Å². The highest BCUT2D eigenvalue weighted by Gasteiger charge is 2.24. The summed E-state index contributed by atoms with van der Waals surface area (Å²) in [6, 6.07) is 2.30. The molecule has 0 fully saturated rings. The molecule has 5 heteroatoms. The van der Waals surface area contributed by atoms with Gasteiger partial charge in [-0.05, 0) is 20.4 Å². The highest BCUT2D eigenvalue weighted by Crippen LogP contribution is 2.27. The van der Waals surface area contributed by atoms with E-state index in [-0.39, 0.29) is 0 Å². The molecule has 0 aliphatic rings. The van der Waals surface area contributed by atoms with Gasteiger partial charge in [-0.15, -0.1) is 11.8 Å². The van der Waals surface area contributed by atoms with E-state index in [1.54, 1.807) is 16.4 Å². The Morgan fingerprint density at radius 2 is 2.44 bits per heavy atom. The molecular weight excluding hydrogens is 220 g/mol. The fourth-order valence-electron chi connectivity index (χ4n) is 1.51. The molecule has 1 rings (SSSR count). The van der Waals surface area contributed by atoms with Crippen LogP contribution in [0.25, 0.3) is 0 Å². The van der Waals surface area contributed by atoms with Crippen molar-refractivity contribution >= 4 is 11.8 Å². The summed E-state index contributed by atoms with van der Waals surface area (Å²) in [5.41, 5.74) is -0.450. The first-order valence-corrected chi connectivity index (χ1v) is 6.12. The molecule has 16 heavy (non-hydrogen) atoms. The lowest BCUT2D eigenvalue weighted by molar-refractivity contribution is 0.455. The minimum absolute atomic E-state index is 0.376. The van der Waals surface area contributed by atoms with Gasteiger partial charge in [-0.3, -0.25) is 4.68 Å². The number of aryl methyl sites for hydroxylation is 1. The second kappa shape index (κ2) is 5.37. The molecular formula is C11H18N4S. The number of rotatable bonds is 5. The topological polar surface area (TPSA) is 53.6 Å². The number of nitriles is 1. The van der Waals surface area contributed by atoms with Gasteiger partial charge in [0, 0.05) is 23.4 Å². The van der Waals surface area contributed by atoms with Crippen molar-refractivity contribution in [2.24, 2.45) is 7.05 Å². The van der Waals surface area contributed by atoms with Gasteiger partial charge in [-0.1, -0.05) is 6.92 Å². The first kappa shape index (κ1) is 13.1. The van der Waals surface area contributed by atoms with E-state index in [0.717, 1.165) is 11.3 Å². The molecule has 0 spiro atoms. The van der Waals surface area contributed by atoms with Crippen molar-refractivity contribution in [1.82, 2.24) is 15.1 Å². The van der Waals surface area contributed by atoms with E-state index in [9.17, 15) is 0 Å². The first-order valence-electron chi connectivity index (χ1n) is 5.24. The lowest BCUT2D eigenvalue weighted by Crippen LogP contribution is -2.40. The van der Waals surface area contributed by atoms with Crippen LogP contribution in [0.4, 0.5) is 0 Å². The second-order valence-corrected chi connectivity index (χ2v) is 5.69.